The number of benzene rings is 1. The number of hydrogen-bond acceptors (Lipinski definition) is 2. The highest BCUT2D eigenvalue weighted by Gasteiger charge is 2.10. The summed E-state index contributed by atoms with van der Waals surface area (Å²) in [6, 6.07) is 8.48. The third-order valence-corrected chi connectivity index (χ3v) is 3.58. The molecule has 0 saturated carbocycles. The Hall–Kier alpha value is -1.61. The van der Waals surface area contributed by atoms with E-state index in [-0.39, 0.29) is 0 Å². The molecule has 2 aromatic rings. The van der Waals surface area contributed by atoms with Crippen molar-refractivity contribution in [3.63, 3.8) is 0 Å². The van der Waals surface area contributed by atoms with Crippen LogP contribution in [0.15, 0.2) is 24.3 Å². The molecule has 3 nitrogen and oxygen atoms in total. The van der Waals surface area contributed by atoms with E-state index in [2.05, 4.69) is 61.8 Å². The van der Waals surface area contributed by atoms with Crippen molar-refractivity contribution in [2.75, 3.05) is 13.1 Å². The number of rotatable bonds is 5. The summed E-state index contributed by atoms with van der Waals surface area (Å²) in [7, 11) is 0. The van der Waals surface area contributed by atoms with Crippen LogP contribution in [0.3, 0.4) is 0 Å². The van der Waals surface area contributed by atoms with E-state index in [9.17, 15) is 0 Å². The van der Waals surface area contributed by atoms with E-state index in [1.54, 1.807) is 0 Å². The molecule has 0 saturated heterocycles. The van der Waals surface area contributed by atoms with Crippen LogP contribution >= 0.6 is 0 Å². The van der Waals surface area contributed by atoms with Gasteiger partial charge < -0.3 is 4.98 Å². The van der Waals surface area contributed by atoms with Gasteiger partial charge in [-0.15, -0.1) is 0 Å². The maximum atomic E-state index is 4.75. The second-order valence-electron chi connectivity index (χ2n) is 4.98. The second-order valence-corrected chi connectivity index (χ2v) is 4.98. The number of nitrogens with zero attached hydrogens (tertiary/aromatic N) is 2. The van der Waals surface area contributed by atoms with Gasteiger partial charge in [-0.25, -0.2) is 4.98 Å². The van der Waals surface area contributed by atoms with E-state index in [4.69, 9.17) is 4.98 Å². The molecule has 0 unspecified atom stereocenters. The van der Waals surface area contributed by atoms with Crippen LogP contribution in [0.1, 0.15) is 30.8 Å². The quantitative estimate of drug-likeness (QED) is 0.888. The lowest BCUT2D eigenvalue weighted by atomic mass is 10.1. The fourth-order valence-electron chi connectivity index (χ4n) is 2.16. The Kier molecular flexibility index (Phi) is 4.38. The van der Waals surface area contributed by atoms with Gasteiger partial charge in [0.25, 0.3) is 0 Å². The predicted molar refractivity (Wildman–Crippen MR) is 80.1 cm³/mol. The van der Waals surface area contributed by atoms with Crippen molar-refractivity contribution in [3.8, 4) is 11.4 Å². The van der Waals surface area contributed by atoms with Gasteiger partial charge in [0.2, 0.25) is 0 Å². The smallest absolute Gasteiger partial charge is 0.137 e. The Labute approximate surface area is 115 Å². The standard InChI is InChI=1S/C16H23N3/c1-5-19(6-2)11-15-13(4)17-16(18-15)14-9-7-12(3)8-10-14/h7-10H,5-6,11H2,1-4H3,(H,17,18). The first-order valence-corrected chi connectivity index (χ1v) is 6.99. The summed E-state index contributed by atoms with van der Waals surface area (Å²) in [4.78, 5) is 10.5. The number of nitrogens with one attached hydrogen (secondary N) is 1. The molecule has 1 heterocycles. The first-order valence-electron chi connectivity index (χ1n) is 6.99. The largest absolute Gasteiger partial charge is 0.342 e. The Balaban J connectivity index is 2.23. The summed E-state index contributed by atoms with van der Waals surface area (Å²) < 4.78 is 0. The first kappa shape index (κ1) is 13.8. The average Bonchev–Trinajstić information content (AvgIpc) is 2.78. The molecule has 1 aromatic carbocycles. The van der Waals surface area contributed by atoms with Crippen LogP contribution in [-0.4, -0.2) is 28.0 Å². The van der Waals surface area contributed by atoms with Gasteiger partial charge in [0.15, 0.2) is 0 Å². The third-order valence-electron chi connectivity index (χ3n) is 3.58. The summed E-state index contributed by atoms with van der Waals surface area (Å²) in [6.45, 7) is 11.6. The Morgan fingerprint density at radius 1 is 1.05 bits per heavy atom. The minimum Gasteiger partial charge on any atom is -0.342 e. The van der Waals surface area contributed by atoms with Gasteiger partial charge in [-0.2, -0.15) is 0 Å². The maximum absolute atomic E-state index is 4.75. The Bertz CT molecular complexity index is 521. The van der Waals surface area contributed by atoms with Crippen LogP contribution in [0.2, 0.25) is 0 Å². The lowest BCUT2D eigenvalue weighted by molar-refractivity contribution is 0.292. The number of hydrogen-bond donors (Lipinski definition) is 1. The van der Waals surface area contributed by atoms with E-state index < -0.39 is 0 Å². The maximum Gasteiger partial charge on any atom is 0.137 e. The average molecular weight is 257 g/mol. The molecular formula is C16H23N3. The number of aromatic amines is 1. The first-order chi connectivity index (χ1) is 9.13. The van der Waals surface area contributed by atoms with E-state index in [0.29, 0.717) is 0 Å². The second kappa shape index (κ2) is 6.02. The highest BCUT2D eigenvalue weighted by molar-refractivity contribution is 5.56. The Morgan fingerprint density at radius 3 is 2.26 bits per heavy atom. The normalized spacial score (nSPS) is 11.2. The Morgan fingerprint density at radius 2 is 1.68 bits per heavy atom. The topological polar surface area (TPSA) is 31.9 Å². The molecule has 0 aliphatic heterocycles. The molecule has 0 aliphatic rings. The summed E-state index contributed by atoms with van der Waals surface area (Å²) in [5, 5.41) is 0. The summed E-state index contributed by atoms with van der Waals surface area (Å²) in [6.07, 6.45) is 0. The molecule has 1 N–H and O–H groups in total. The van der Waals surface area contributed by atoms with E-state index >= 15 is 0 Å². The monoisotopic (exact) mass is 257 g/mol. The zero-order valence-corrected chi connectivity index (χ0v) is 12.3. The van der Waals surface area contributed by atoms with Crippen LogP contribution in [0, 0.1) is 13.8 Å². The summed E-state index contributed by atoms with van der Waals surface area (Å²) >= 11 is 0. The van der Waals surface area contributed by atoms with Crippen molar-refractivity contribution in [2.45, 2.75) is 34.2 Å². The van der Waals surface area contributed by atoms with Crippen molar-refractivity contribution in [1.82, 2.24) is 14.9 Å². The molecule has 1 aromatic heterocycles. The van der Waals surface area contributed by atoms with Crippen molar-refractivity contribution < 1.29 is 0 Å². The van der Waals surface area contributed by atoms with Gasteiger partial charge in [-0.05, 0) is 26.9 Å². The molecule has 0 spiro atoms. The zero-order chi connectivity index (χ0) is 13.8. The number of aromatic nitrogens is 2. The molecule has 0 aliphatic carbocycles. The molecule has 19 heavy (non-hydrogen) atoms. The fraction of sp³-hybridized carbons (Fsp3) is 0.438. The highest BCUT2D eigenvalue weighted by Crippen LogP contribution is 2.19. The van der Waals surface area contributed by atoms with Crippen LogP contribution in [0.4, 0.5) is 0 Å². The van der Waals surface area contributed by atoms with E-state index in [0.717, 1.165) is 36.7 Å². The molecule has 102 valence electrons. The number of aryl methyl sites for hydroxylation is 2. The van der Waals surface area contributed by atoms with Gasteiger partial charge in [0.1, 0.15) is 5.82 Å². The van der Waals surface area contributed by atoms with Crippen molar-refractivity contribution in [1.29, 1.82) is 0 Å². The molecule has 0 bridgehead atoms. The molecular weight excluding hydrogens is 234 g/mol. The predicted octanol–water partition coefficient (Wildman–Crippen LogP) is 3.54. The zero-order valence-electron chi connectivity index (χ0n) is 12.3. The third kappa shape index (κ3) is 3.24. The minimum absolute atomic E-state index is 0.918. The van der Waals surface area contributed by atoms with Crippen LogP contribution < -0.4 is 0 Å². The fourth-order valence-corrected chi connectivity index (χ4v) is 2.16. The molecule has 0 radical (unpaired) electrons. The van der Waals surface area contributed by atoms with Gasteiger partial charge in [0.05, 0.1) is 5.69 Å². The SMILES string of the molecule is CCN(CC)Cc1nc(-c2ccc(C)cc2)[nH]c1C. The lowest BCUT2D eigenvalue weighted by Gasteiger charge is -2.16. The highest BCUT2D eigenvalue weighted by atomic mass is 15.1. The molecule has 2 rings (SSSR count). The number of imidazole rings is 1. The van der Waals surface area contributed by atoms with Gasteiger partial charge in [0, 0.05) is 17.8 Å². The molecule has 0 atom stereocenters. The van der Waals surface area contributed by atoms with Crippen LogP contribution in [0.25, 0.3) is 11.4 Å². The van der Waals surface area contributed by atoms with Crippen LogP contribution in [-0.2, 0) is 6.54 Å². The van der Waals surface area contributed by atoms with E-state index in [1.165, 1.54) is 11.3 Å². The van der Waals surface area contributed by atoms with Crippen molar-refractivity contribution in [3.05, 3.63) is 41.2 Å². The number of H-pyrrole nitrogens is 1. The van der Waals surface area contributed by atoms with Gasteiger partial charge >= 0.3 is 0 Å². The van der Waals surface area contributed by atoms with Crippen molar-refractivity contribution >= 4 is 0 Å². The van der Waals surface area contributed by atoms with Gasteiger partial charge in [-0.3, -0.25) is 4.90 Å². The lowest BCUT2D eigenvalue weighted by Crippen LogP contribution is -2.22. The summed E-state index contributed by atoms with van der Waals surface area (Å²) in [5.41, 5.74) is 4.75. The molecule has 3 heteroatoms. The minimum atomic E-state index is 0.918. The van der Waals surface area contributed by atoms with E-state index in [1.807, 2.05) is 0 Å². The van der Waals surface area contributed by atoms with Crippen LogP contribution in [0.5, 0.6) is 0 Å². The molecule has 0 amide bonds. The summed E-state index contributed by atoms with van der Waals surface area (Å²) in [5.74, 6) is 0.972. The molecule has 0 fully saturated rings. The van der Waals surface area contributed by atoms with Gasteiger partial charge in [-0.1, -0.05) is 43.7 Å². The van der Waals surface area contributed by atoms with Crippen molar-refractivity contribution in [2.24, 2.45) is 0 Å².